The van der Waals surface area contributed by atoms with E-state index in [1.807, 2.05) is 36.2 Å². The van der Waals surface area contributed by atoms with Gasteiger partial charge >= 0.3 is 0 Å². The van der Waals surface area contributed by atoms with Gasteiger partial charge in [0.2, 0.25) is 5.91 Å². The van der Waals surface area contributed by atoms with Gasteiger partial charge in [0.1, 0.15) is 0 Å². The number of carbonyl (C=O) groups is 1. The van der Waals surface area contributed by atoms with E-state index in [1.54, 1.807) is 0 Å². The van der Waals surface area contributed by atoms with Crippen molar-refractivity contribution in [3.63, 3.8) is 0 Å². The molecule has 4 nitrogen and oxygen atoms in total. The number of nitrogens with two attached hydrogens (primary N) is 2. The second kappa shape index (κ2) is 5.98. The van der Waals surface area contributed by atoms with Crippen molar-refractivity contribution in [2.75, 3.05) is 13.6 Å². The van der Waals surface area contributed by atoms with Gasteiger partial charge in [-0.3, -0.25) is 4.79 Å². The molecule has 0 radical (unpaired) electrons. The van der Waals surface area contributed by atoms with Crippen molar-refractivity contribution in [3.8, 4) is 0 Å². The Morgan fingerprint density at radius 1 is 1.50 bits per heavy atom. The molecule has 0 saturated carbocycles. The summed E-state index contributed by atoms with van der Waals surface area (Å²) in [6.07, 6.45) is 0. The lowest BCUT2D eigenvalue weighted by Crippen LogP contribution is -2.44. The van der Waals surface area contributed by atoms with Gasteiger partial charge in [-0.05, 0) is 18.7 Å². The quantitative estimate of drug-likeness (QED) is 0.836. The number of hydrogen-bond acceptors (Lipinski definition) is 3. The zero-order valence-corrected chi connectivity index (χ0v) is 10.8. The molecule has 0 bridgehead atoms. The van der Waals surface area contributed by atoms with Crippen molar-refractivity contribution in [2.45, 2.75) is 12.6 Å². The first-order valence-corrected chi connectivity index (χ1v) is 5.77. The van der Waals surface area contributed by atoms with Crippen molar-refractivity contribution in [1.82, 2.24) is 4.90 Å². The van der Waals surface area contributed by atoms with Crippen LogP contribution in [0.5, 0.6) is 0 Å². The molecule has 1 aromatic rings. The Morgan fingerprint density at radius 3 is 2.69 bits per heavy atom. The summed E-state index contributed by atoms with van der Waals surface area (Å²) in [5, 5.41) is 0. The van der Waals surface area contributed by atoms with E-state index in [1.165, 1.54) is 0 Å². The highest BCUT2D eigenvalue weighted by Crippen LogP contribution is 2.17. The van der Waals surface area contributed by atoms with Gasteiger partial charge in [-0.15, -0.1) is 0 Å². The van der Waals surface area contributed by atoms with E-state index in [0.29, 0.717) is 6.54 Å². The minimum Gasteiger partial charge on any atom is -0.368 e. The first kappa shape index (κ1) is 13.2. The average molecular weight is 286 g/mol. The van der Waals surface area contributed by atoms with E-state index in [9.17, 15) is 4.79 Å². The van der Waals surface area contributed by atoms with Gasteiger partial charge in [0.15, 0.2) is 0 Å². The fourth-order valence-electron chi connectivity index (χ4n) is 1.41. The molecule has 88 valence electrons. The highest BCUT2D eigenvalue weighted by Gasteiger charge is 2.12. The number of nitrogens with zero attached hydrogens (tertiary/aromatic N) is 1. The fraction of sp³-hybridized carbons (Fsp3) is 0.364. The van der Waals surface area contributed by atoms with Crippen LogP contribution in [0.1, 0.15) is 5.56 Å². The molecule has 1 unspecified atom stereocenters. The Hall–Kier alpha value is -0.910. The molecule has 0 aliphatic heterocycles. The number of likely N-dealkylation sites (N-methyl/N-ethyl adjacent to an activating group) is 1. The molecule has 0 aliphatic rings. The van der Waals surface area contributed by atoms with Crippen LogP contribution in [0.25, 0.3) is 0 Å². The normalized spacial score (nSPS) is 12.8. The Bertz CT molecular complexity index is 370. The van der Waals surface area contributed by atoms with Crippen molar-refractivity contribution >= 4 is 21.8 Å². The molecule has 0 spiro atoms. The number of rotatable bonds is 5. The summed E-state index contributed by atoms with van der Waals surface area (Å²) in [6.45, 7) is 1.18. The summed E-state index contributed by atoms with van der Waals surface area (Å²) in [4.78, 5) is 12.8. The Balaban J connectivity index is 2.55. The second-order valence-electron chi connectivity index (χ2n) is 3.80. The first-order chi connectivity index (χ1) is 7.50. The monoisotopic (exact) mass is 285 g/mol. The fourth-order valence-corrected chi connectivity index (χ4v) is 1.82. The van der Waals surface area contributed by atoms with Crippen molar-refractivity contribution in [1.29, 1.82) is 0 Å². The first-order valence-electron chi connectivity index (χ1n) is 4.97. The molecule has 1 rings (SSSR count). The van der Waals surface area contributed by atoms with Crippen LogP contribution in [-0.4, -0.2) is 30.4 Å². The van der Waals surface area contributed by atoms with Crippen molar-refractivity contribution in [3.05, 3.63) is 34.3 Å². The van der Waals surface area contributed by atoms with Crippen molar-refractivity contribution < 1.29 is 4.79 Å². The molecule has 1 aromatic carbocycles. The molecule has 16 heavy (non-hydrogen) atoms. The van der Waals surface area contributed by atoms with Crippen LogP contribution in [0.15, 0.2) is 28.7 Å². The summed E-state index contributed by atoms with van der Waals surface area (Å²) in [7, 11) is 1.90. The largest absolute Gasteiger partial charge is 0.368 e. The van der Waals surface area contributed by atoms with Crippen molar-refractivity contribution in [2.24, 2.45) is 11.5 Å². The topological polar surface area (TPSA) is 72.3 Å². The Morgan fingerprint density at radius 2 is 2.12 bits per heavy atom. The maximum absolute atomic E-state index is 10.8. The highest BCUT2D eigenvalue weighted by molar-refractivity contribution is 9.10. The predicted molar refractivity (Wildman–Crippen MR) is 67.6 cm³/mol. The summed E-state index contributed by atoms with van der Waals surface area (Å²) in [5.74, 6) is -0.473. The van der Waals surface area contributed by atoms with Gasteiger partial charge in [-0.25, -0.2) is 0 Å². The molecule has 0 saturated heterocycles. The third-order valence-electron chi connectivity index (χ3n) is 2.27. The molecule has 0 aromatic heterocycles. The lowest BCUT2D eigenvalue weighted by molar-refractivity contribution is -0.119. The molecule has 1 amide bonds. The number of halogens is 1. The minimum atomic E-state index is -0.618. The average Bonchev–Trinajstić information content (AvgIpc) is 2.21. The van der Waals surface area contributed by atoms with Gasteiger partial charge in [-0.1, -0.05) is 34.1 Å². The van der Waals surface area contributed by atoms with Gasteiger partial charge in [-0.2, -0.15) is 0 Å². The lowest BCUT2D eigenvalue weighted by Gasteiger charge is -2.20. The number of amides is 1. The van der Waals surface area contributed by atoms with Gasteiger partial charge in [0.05, 0.1) is 6.04 Å². The van der Waals surface area contributed by atoms with Gasteiger partial charge < -0.3 is 16.4 Å². The number of carbonyl (C=O) groups excluding carboxylic acids is 1. The summed E-state index contributed by atoms with van der Waals surface area (Å²) < 4.78 is 1.05. The van der Waals surface area contributed by atoms with E-state index in [-0.39, 0.29) is 0 Å². The van der Waals surface area contributed by atoms with Crippen LogP contribution in [0.4, 0.5) is 0 Å². The van der Waals surface area contributed by atoms with Crippen LogP contribution in [0.2, 0.25) is 0 Å². The number of hydrogen-bond donors (Lipinski definition) is 2. The molecule has 0 fully saturated rings. The lowest BCUT2D eigenvalue weighted by atomic mass is 10.2. The molecule has 4 N–H and O–H groups in total. The van der Waals surface area contributed by atoms with E-state index >= 15 is 0 Å². The highest BCUT2D eigenvalue weighted by atomic mass is 79.9. The third-order valence-corrected chi connectivity index (χ3v) is 3.05. The van der Waals surface area contributed by atoms with Crippen LogP contribution in [0, 0.1) is 0 Å². The van der Waals surface area contributed by atoms with Gasteiger partial charge in [0, 0.05) is 17.6 Å². The van der Waals surface area contributed by atoms with E-state index < -0.39 is 11.9 Å². The minimum absolute atomic E-state index is 0.455. The molecule has 0 aliphatic carbocycles. The molecule has 5 heteroatoms. The standard InChI is InChI=1S/C11H16BrN3O/c1-15(7-10(13)11(14)16)6-8-4-2-3-5-9(8)12/h2-5,10H,6-7,13H2,1H3,(H2,14,16). The molecular formula is C11H16BrN3O. The summed E-state index contributed by atoms with van der Waals surface area (Å²) >= 11 is 3.47. The van der Waals surface area contributed by atoms with Crippen LogP contribution in [0.3, 0.4) is 0 Å². The van der Waals surface area contributed by atoms with Crippen LogP contribution >= 0.6 is 15.9 Å². The zero-order chi connectivity index (χ0) is 12.1. The summed E-state index contributed by atoms with van der Waals surface area (Å²) in [5.41, 5.74) is 11.8. The maximum Gasteiger partial charge on any atom is 0.235 e. The van der Waals surface area contributed by atoms with Crippen LogP contribution in [-0.2, 0) is 11.3 Å². The number of benzene rings is 1. The van der Waals surface area contributed by atoms with E-state index in [0.717, 1.165) is 16.6 Å². The predicted octanol–water partition coefficient (Wildman–Crippen LogP) is 0.694. The van der Waals surface area contributed by atoms with E-state index in [2.05, 4.69) is 15.9 Å². The molecule has 0 heterocycles. The van der Waals surface area contributed by atoms with Crippen LogP contribution < -0.4 is 11.5 Å². The third kappa shape index (κ3) is 3.92. The Kier molecular flexibility index (Phi) is 4.92. The second-order valence-corrected chi connectivity index (χ2v) is 4.65. The zero-order valence-electron chi connectivity index (χ0n) is 9.19. The molecule has 1 atom stereocenters. The smallest absolute Gasteiger partial charge is 0.235 e. The molecular weight excluding hydrogens is 270 g/mol. The Labute approximate surface area is 104 Å². The number of primary amides is 1. The SMILES string of the molecule is CN(Cc1ccccc1Br)CC(N)C(N)=O. The van der Waals surface area contributed by atoms with E-state index in [4.69, 9.17) is 11.5 Å². The summed E-state index contributed by atoms with van der Waals surface area (Å²) in [6, 6.07) is 7.32. The van der Waals surface area contributed by atoms with Gasteiger partial charge in [0.25, 0.3) is 0 Å². The maximum atomic E-state index is 10.8.